The van der Waals surface area contributed by atoms with Crippen molar-refractivity contribution in [1.29, 1.82) is 0 Å². The van der Waals surface area contributed by atoms with E-state index in [1.54, 1.807) is 21.7 Å². The Morgan fingerprint density at radius 3 is 3.00 bits per heavy atom. The van der Waals surface area contributed by atoms with Crippen LogP contribution in [0.2, 0.25) is 5.02 Å². The number of likely N-dealkylation sites (tertiary alicyclic amines) is 1. The zero-order valence-electron chi connectivity index (χ0n) is 13.7. The molecule has 0 bridgehead atoms. The number of benzene rings is 1. The number of aryl methyl sites for hydroxylation is 1. The molecule has 0 spiro atoms. The fourth-order valence-electron chi connectivity index (χ4n) is 2.83. The van der Waals surface area contributed by atoms with Gasteiger partial charge in [0.15, 0.2) is 0 Å². The maximum Gasteiger partial charge on any atom is 0.274 e. The van der Waals surface area contributed by atoms with E-state index in [1.165, 1.54) is 11.8 Å². The van der Waals surface area contributed by atoms with Gasteiger partial charge in [0.25, 0.3) is 5.91 Å². The monoisotopic (exact) mass is 356 g/mol. The van der Waals surface area contributed by atoms with Crippen LogP contribution < -0.4 is 4.74 Å². The number of nitrogens with zero attached hydrogens (tertiary/aromatic N) is 4. The van der Waals surface area contributed by atoms with Gasteiger partial charge in [-0.05, 0) is 24.1 Å². The second-order valence-corrected chi connectivity index (χ2v) is 6.49. The smallest absolute Gasteiger partial charge is 0.274 e. The molecule has 3 heterocycles. The summed E-state index contributed by atoms with van der Waals surface area (Å²) in [5, 5.41) is 0.496. The lowest BCUT2D eigenvalue weighted by Gasteiger charge is -2.38. The molecule has 0 N–H and O–H groups in total. The first kappa shape index (κ1) is 15.9. The Morgan fingerprint density at radius 2 is 2.20 bits per heavy atom. The molecule has 1 aromatic carbocycles. The second kappa shape index (κ2) is 6.37. The predicted molar refractivity (Wildman–Crippen MR) is 94.1 cm³/mol. The molecule has 0 saturated carbocycles. The van der Waals surface area contributed by atoms with Crippen molar-refractivity contribution in [2.45, 2.75) is 19.4 Å². The van der Waals surface area contributed by atoms with Gasteiger partial charge in [0, 0.05) is 12.4 Å². The number of carbonyl (C=O) groups excluding carboxylic acids is 1. The summed E-state index contributed by atoms with van der Waals surface area (Å²) < 4.78 is 7.59. The number of imidazole rings is 1. The van der Waals surface area contributed by atoms with Crippen LogP contribution >= 0.6 is 11.6 Å². The van der Waals surface area contributed by atoms with Crippen molar-refractivity contribution < 1.29 is 9.53 Å². The molecule has 128 valence electrons. The van der Waals surface area contributed by atoms with E-state index >= 15 is 0 Å². The van der Waals surface area contributed by atoms with E-state index in [0.717, 1.165) is 12.2 Å². The molecule has 0 aliphatic carbocycles. The zero-order chi connectivity index (χ0) is 17.4. The molecule has 1 aliphatic heterocycles. The van der Waals surface area contributed by atoms with Crippen molar-refractivity contribution in [3.63, 3.8) is 0 Å². The van der Waals surface area contributed by atoms with Crippen LogP contribution in [-0.2, 0) is 6.42 Å². The standard InChI is InChI=1S/C18H17ClN4O2/c1-2-12-4-3-5-14(6-12)25-15-9-22(10-15)17(24)16-11-23-8-13(19)7-20-18(23)21-16/h3-8,11,15H,2,9-10H2,1H3. The van der Waals surface area contributed by atoms with Gasteiger partial charge < -0.3 is 9.64 Å². The largest absolute Gasteiger partial charge is 0.487 e. The SMILES string of the molecule is CCc1cccc(OC2CN(C(=O)c3cn4cc(Cl)cnc4n3)C2)c1. The number of amides is 1. The molecule has 1 aliphatic rings. The number of carbonyl (C=O) groups is 1. The van der Waals surface area contributed by atoms with Crippen molar-refractivity contribution in [2.75, 3.05) is 13.1 Å². The van der Waals surface area contributed by atoms with Crippen LogP contribution in [0.15, 0.2) is 42.9 Å². The topological polar surface area (TPSA) is 59.7 Å². The molecule has 4 rings (SSSR count). The van der Waals surface area contributed by atoms with E-state index in [1.807, 2.05) is 18.2 Å². The average Bonchev–Trinajstić information content (AvgIpc) is 3.00. The highest BCUT2D eigenvalue weighted by Gasteiger charge is 2.34. The van der Waals surface area contributed by atoms with Gasteiger partial charge in [-0.15, -0.1) is 0 Å². The molecule has 1 amide bonds. The van der Waals surface area contributed by atoms with Gasteiger partial charge in [0.2, 0.25) is 5.78 Å². The molecule has 1 fully saturated rings. The van der Waals surface area contributed by atoms with Crippen LogP contribution in [0.4, 0.5) is 0 Å². The van der Waals surface area contributed by atoms with Gasteiger partial charge >= 0.3 is 0 Å². The maximum absolute atomic E-state index is 12.5. The summed E-state index contributed by atoms with van der Waals surface area (Å²) in [4.78, 5) is 22.6. The van der Waals surface area contributed by atoms with Crippen LogP contribution in [0, 0.1) is 0 Å². The van der Waals surface area contributed by atoms with Crippen molar-refractivity contribution >= 4 is 23.3 Å². The molecular formula is C18H17ClN4O2. The molecule has 25 heavy (non-hydrogen) atoms. The highest BCUT2D eigenvalue weighted by molar-refractivity contribution is 6.30. The van der Waals surface area contributed by atoms with E-state index < -0.39 is 0 Å². The fourth-order valence-corrected chi connectivity index (χ4v) is 2.99. The van der Waals surface area contributed by atoms with Crippen molar-refractivity contribution in [3.05, 3.63) is 59.1 Å². The Bertz CT molecular complexity index is 934. The minimum atomic E-state index is -0.121. The lowest BCUT2D eigenvalue weighted by molar-refractivity contribution is 0.0174. The van der Waals surface area contributed by atoms with E-state index in [2.05, 4.69) is 23.0 Å². The van der Waals surface area contributed by atoms with Gasteiger partial charge in [-0.3, -0.25) is 9.20 Å². The Kier molecular flexibility index (Phi) is 4.05. The van der Waals surface area contributed by atoms with E-state index in [-0.39, 0.29) is 12.0 Å². The van der Waals surface area contributed by atoms with Crippen molar-refractivity contribution in [2.24, 2.45) is 0 Å². The molecule has 1 saturated heterocycles. The fraction of sp³-hybridized carbons (Fsp3) is 0.278. The van der Waals surface area contributed by atoms with Gasteiger partial charge in [-0.1, -0.05) is 30.7 Å². The summed E-state index contributed by atoms with van der Waals surface area (Å²) in [5.41, 5.74) is 1.60. The minimum absolute atomic E-state index is 0.0145. The van der Waals surface area contributed by atoms with Gasteiger partial charge in [0.05, 0.1) is 24.3 Å². The van der Waals surface area contributed by atoms with Crippen molar-refractivity contribution in [3.8, 4) is 5.75 Å². The highest BCUT2D eigenvalue weighted by Crippen LogP contribution is 2.21. The predicted octanol–water partition coefficient (Wildman–Crippen LogP) is 2.85. The van der Waals surface area contributed by atoms with Crippen LogP contribution in [-0.4, -0.2) is 44.4 Å². The minimum Gasteiger partial charge on any atom is -0.487 e. The van der Waals surface area contributed by atoms with Gasteiger partial charge in [-0.25, -0.2) is 9.97 Å². The summed E-state index contributed by atoms with van der Waals surface area (Å²) in [6.45, 7) is 3.22. The third-order valence-electron chi connectivity index (χ3n) is 4.24. The third-order valence-corrected chi connectivity index (χ3v) is 4.44. The zero-order valence-corrected chi connectivity index (χ0v) is 14.5. The summed E-state index contributed by atoms with van der Waals surface area (Å²) in [7, 11) is 0. The normalized spacial score (nSPS) is 14.6. The summed E-state index contributed by atoms with van der Waals surface area (Å²) >= 11 is 5.90. The molecule has 0 atom stereocenters. The molecule has 6 nitrogen and oxygen atoms in total. The average molecular weight is 357 g/mol. The molecule has 2 aromatic heterocycles. The van der Waals surface area contributed by atoms with Gasteiger partial charge in [-0.2, -0.15) is 0 Å². The lowest BCUT2D eigenvalue weighted by Crippen LogP contribution is -2.56. The second-order valence-electron chi connectivity index (χ2n) is 6.06. The first-order valence-corrected chi connectivity index (χ1v) is 8.55. The summed E-state index contributed by atoms with van der Waals surface area (Å²) in [6, 6.07) is 8.06. The molecular weight excluding hydrogens is 340 g/mol. The molecule has 7 heteroatoms. The Balaban J connectivity index is 1.39. The Labute approximate surface area is 150 Å². The molecule has 0 radical (unpaired) electrons. The Morgan fingerprint density at radius 1 is 1.36 bits per heavy atom. The molecule has 3 aromatic rings. The quantitative estimate of drug-likeness (QED) is 0.721. The van der Waals surface area contributed by atoms with E-state index in [0.29, 0.717) is 29.6 Å². The number of rotatable bonds is 4. The summed E-state index contributed by atoms with van der Waals surface area (Å²) in [5.74, 6) is 1.18. The number of hydrogen-bond donors (Lipinski definition) is 0. The first-order valence-electron chi connectivity index (χ1n) is 8.17. The third kappa shape index (κ3) is 3.17. The number of hydrogen-bond acceptors (Lipinski definition) is 4. The first-order chi connectivity index (χ1) is 12.1. The van der Waals surface area contributed by atoms with E-state index in [4.69, 9.17) is 16.3 Å². The van der Waals surface area contributed by atoms with E-state index in [9.17, 15) is 4.79 Å². The van der Waals surface area contributed by atoms with Crippen molar-refractivity contribution in [1.82, 2.24) is 19.3 Å². The maximum atomic E-state index is 12.5. The van der Waals surface area contributed by atoms with Crippen LogP contribution in [0.3, 0.4) is 0 Å². The summed E-state index contributed by atoms with van der Waals surface area (Å²) in [6.07, 6.45) is 5.82. The van der Waals surface area contributed by atoms with Gasteiger partial charge in [0.1, 0.15) is 17.5 Å². The van der Waals surface area contributed by atoms with Crippen LogP contribution in [0.1, 0.15) is 23.0 Å². The number of aromatic nitrogens is 3. The van der Waals surface area contributed by atoms with Crippen LogP contribution in [0.5, 0.6) is 5.75 Å². The highest BCUT2D eigenvalue weighted by atomic mass is 35.5. The number of fused-ring (bicyclic) bond motifs is 1. The Hall–Kier alpha value is -2.60. The van der Waals surface area contributed by atoms with Crippen LogP contribution in [0.25, 0.3) is 5.78 Å². The lowest BCUT2D eigenvalue weighted by atomic mass is 10.1. The number of ether oxygens (including phenoxy) is 1. The molecule has 0 unspecified atom stereocenters. The number of halogens is 1.